The molecule has 8 unspecified atom stereocenters. The molecule has 1 heterocycles. The van der Waals surface area contributed by atoms with Crippen molar-refractivity contribution in [2.75, 3.05) is 5.75 Å². The SMILES string of the molecule is Cc1cc(C)c(C#N)c(SCC2(O)CCC3C45C=CC6(C=C4C(=O)c4ccccc4)CC(O)CCC6(C)C5CCC32C)n1. The Morgan fingerprint density at radius 3 is 2.49 bits per heavy atom. The van der Waals surface area contributed by atoms with Gasteiger partial charge in [0.05, 0.1) is 17.3 Å². The van der Waals surface area contributed by atoms with Gasteiger partial charge < -0.3 is 10.2 Å². The van der Waals surface area contributed by atoms with E-state index in [0.717, 1.165) is 48.9 Å². The third kappa shape index (κ3) is 3.77. The molecule has 1 aromatic heterocycles. The number of nitriles is 1. The van der Waals surface area contributed by atoms with Crippen molar-refractivity contribution in [2.24, 2.45) is 33.5 Å². The number of aliphatic hydroxyl groups excluding tert-OH is 1. The Bertz CT molecular complexity index is 1610. The molecule has 43 heavy (non-hydrogen) atoms. The van der Waals surface area contributed by atoms with Crippen molar-refractivity contribution in [2.45, 2.75) is 89.4 Å². The first-order chi connectivity index (χ1) is 20.4. The monoisotopic (exact) mass is 594 g/mol. The van der Waals surface area contributed by atoms with E-state index in [2.05, 4.69) is 38.1 Å². The fraction of sp³-hybridized carbons (Fsp3) is 0.541. The molecule has 3 saturated carbocycles. The lowest BCUT2D eigenvalue weighted by atomic mass is 9.32. The molecule has 2 N–H and O–H groups in total. The van der Waals surface area contributed by atoms with Crippen LogP contribution in [0.4, 0.5) is 0 Å². The van der Waals surface area contributed by atoms with Crippen molar-refractivity contribution in [1.82, 2.24) is 4.98 Å². The highest BCUT2D eigenvalue weighted by molar-refractivity contribution is 7.99. The van der Waals surface area contributed by atoms with Gasteiger partial charge in [-0.3, -0.25) is 4.79 Å². The predicted molar refractivity (Wildman–Crippen MR) is 168 cm³/mol. The summed E-state index contributed by atoms with van der Waals surface area (Å²) in [5.74, 6) is 0.922. The van der Waals surface area contributed by atoms with E-state index < -0.39 is 16.4 Å². The van der Waals surface area contributed by atoms with E-state index in [9.17, 15) is 20.3 Å². The third-order valence-corrected chi connectivity index (χ3v) is 14.1. The Balaban J connectivity index is 1.32. The average Bonchev–Trinajstić information content (AvgIpc) is 3.26. The molecule has 1 aromatic carbocycles. The maximum atomic E-state index is 14.5. The van der Waals surface area contributed by atoms with Crippen LogP contribution in [-0.2, 0) is 0 Å². The number of aliphatic hydroxyl groups is 2. The van der Waals surface area contributed by atoms with Crippen LogP contribution in [0.15, 0.2) is 65.2 Å². The largest absolute Gasteiger partial charge is 0.393 e. The minimum atomic E-state index is -0.960. The van der Waals surface area contributed by atoms with Gasteiger partial charge in [-0.15, -0.1) is 11.8 Å². The van der Waals surface area contributed by atoms with E-state index in [0.29, 0.717) is 34.7 Å². The van der Waals surface area contributed by atoms with Crippen molar-refractivity contribution < 1.29 is 15.0 Å². The molecule has 5 nitrogen and oxygen atoms in total. The Labute approximate surface area is 259 Å². The zero-order chi connectivity index (χ0) is 30.4. The molecular formula is C37H42N2O3S. The van der Waals surface area contributed by atoms with E-state index in [1.165, 1.54) is 11.8 Å². The highest BCUT2D eigenvalue weighted by Crippen LogP contribution is 2.78. The summed E-state index contributed by atoms with van der Waals surface area (Å²) in [6.07, 6.45) is 12.3. The van der Waals surface area contributed by atoms with E-state index >= 15 is 0 Å². The first-order valence-corrected chi connectivity index (χ1v) is 16.9. The molecule has 2 bridgehead atoms. The number of pyridine rings is 1. The summed E-state index contributed by atoms with van der Waals surface area (Å²) >= 11 is 1.51. The summed E-state index contributed by atoms with van der Waals surface area (Å²) in [5.41, 5.74) is 1.74. The van der Waals surface area contributed by atoms with Gasteiger partial charge in [-0.25, -0.2) is 4.98 Å². The molecule has 0 radical (unpaired) electrons. The summed E-state index contributed by atoms with van der Waals surface area (Å²) in [7, 11) is 0. The van der Waals surface area contributed by atoms with Crippen LogP contribution in [-0.4, -0.2) is 38.4 Å². The molecule has 6 aliphatic carbocycles. The van der Waals surface area contributed by atoms with Crippen LogP contribution in [0.1, 0.15) is 86.0 Å². The molecule has 3 fully saturated rings. The maximum absolute atomic E-state index is 14.5. The second-order valence-corrected chi connectivity index (χ2v) is 15.6. The molecule has 0 saturated heterocycles. The van der Waals surface area contributed by atoms with Gasteiger partial charge in [0.15, 0.2) is 5.78 Å². The maximum Gasteiger partial charge on any atom is 0.189 e. The van der Waals surface area contributed by atoms with Gasteiger partial charge in [0.2, 0.25) is 0 Å². The summed E-state index contributed by atoms with van der Waals surface area (Å²) in [5, 5.41) is 34.1. The topological polar surface area (TPSA) is 94.2 Å². The number of hydrogen-bond donors (Lipinski definition) is 2. The number of thioether (sulfide) groups is 1. The number of allylic oxidation sites excluding steroid dienone is 4. The summed E-state index contributed by atoms with van der Waals surface area (Å²) in [6.45, 7) is 8.57. The van der Waals surface area contributed by atoms with Crippen LogP contribution in [0.25, 0.3) is 0 Å². The number of fused-ring (bicyclic) bond motifs is 1. The lowest BCUT2D eigenvalue weighted by molar-refractivity contribution is -0.166. The van der Waals surface area contributed by atoms with Crippen LogP contribution in [0.3, 0.4) is 0 Å². The van der Waals surface area contributed by atoms with Gasteiger partial charge in [-0.05, 0) is 87.7 Å². The molecular weight excluding hydrogens is 552 g/mol. The first kappa shape index (κ1) is 29.0. The van der Waals surface area contributed by atoms with Gasteiger partial charge in [0.1, 0.15) is 11.1 Å². The zero-order valence-corrected chi connectivity index (χ0v) is 26.5. The van der Waals surface area contributed by atoms with Crippen LogP contribution in [0.2, 0.25) is 0 Å². The minimum Gasteiger partial charge on any atom is -0.393 e. The van der Waals surface area contributed by atoms with Crippen LogP contribution in [0.5, 0.6) is 0 Å². The summed E-state index contributed by atoms with van der Waals surface area (Å²) in [4.78, 5) is 19.2. The van der Waals surface area contributed by atoms with Gasteiger partial charge in [-0.2, -0.15) is 5.26 Å². The van der Waals surface area contributed by atoms with Gasteiger partial charge in [-0.1, -0.05) is 62.4 Å². The van der Waals surface area contributed by atoms with Crippen molar-refractivity contribution in [3.8, 4) is 6.07 Å². The average molecular weight is 595 g/mol. The lowest BCUT2D eigenvalue weighted by Crippen LogP contribution is -2.67. The number of hydrogen-bond acceptors (Lipinski definition) is 6. The Hall–Kier alpha value is -2.72. The van der Waals surface area contributed by atoms with Crippen LogP contribution >= 0.6 is 11.8 Å². The fourth-order valence-electron chi connectivity index (χ4n) is 10.6. The van der Waals surface area contributed by atoms with E-state index in [-0.39, 0.29) is 34.6 Å². The van der Waals surface area contributed by atoms with Gasteiger partial charge in [0, 0.05) is 38.8 Å². The molecule has 0 amide bonds. The number of Topliss-reactive ketones (excluding diaryl/α,β-unsaturated/α-hetero) is 1. The van der Waals surface area contributed by atoms with Gasteiger partial charge in [0.25, 0.3) is 0 Å². The van der Waals surface area contributed by atoms with Crippen molar-refractivity contribution in [3.05, 3.63) is 82.6 Å². The number of carbonyl (C=O) groups is 1. The molecule has 2 aromatic rings. The first-order valence-electron chi connectivity index (χ1n) is 15.9. The van der Waals surface area contributed by atoms with Crippen LogP contribution in [0, 0.1) is 58.7 Å². The molecule has 6 aliphatic rings. The van der Waals surface area contributed by atoms with Crippen molar-refractivity contribution in [1.29, 1.82) is 5.26 Å². The fourth-order valence-corrected chi connectivity index (χ4v) is 12.0. The van der Waals surface area contributed by atoms with Gasteiger partial charge >= 0.3 is 0 Å². The zero-order valence-electron chi connectivity index (χ0n) is 25.7. The molecule has 0 aliphatic heterocycles. The van der Waals surface area contributed by atoms with Crippen LogP contribution < -0.4 is 0 Å². The van der Waals surface area contributed by atoms with E-state index in [1.54, 1.807) is 0 Å². The molecule has 8 atom stereocenters. The van der Waals surface area contributed by atoms with Crippen molar-refractivity contribution in [3.63, 3.8) is 0 Å². The Morgan fingerprint density at radius 2 is 1.74 bits per heavy atom. The third-order valence-electron chi connectivity index (χ3n) is 12.9. The number of ketones is 1. The van der Waals surface area contributed by atoms with E-state index in [4.69, 9.17) is 4.98 Å². The number of rotatable bonds is 5. The number of benzene rings is 1. The smallest absolute Gasteiger partial charge is 0.189 e. The Morgan fingerprint density at radius 1 is 1.05 bits per heavy atom. The molecule has 224 valence electrons. The summed E-state index contributed by atoms with van der Waals surface area (Å²) < 4.78 is 0. The standard InChI is InChI=1S/C37H42N2O3S/c1-23-18-24(2)39-32(27(23)21-38)43-22-36(42)15-12-30-34(36,4)14-11-29-33(3)13-10-26(40)19-35(33)16-17-37(29,30)28(20-35)31(41)25-8-6-5-7-9-25/h5-9,16-18,20,26,29-30,40,42H,10-15,19,22H2,1-4H3. The second kappa shape index (κ2) is 9.64. The quantitative estimate of drug-likeness (QED) is 0.217. The number of aryl methyl sites for hydroxylation is 2. The number of aromatic nitrogens is 1. The second-order valence-electron chi connectivity index (χ2n) is 14.7. The predicted octanol–water partition coefficient (Wildman–Crippen LogP) is 7.14. The Kier molecular flexibility index (Phi) is 6.50. The molecule has 6 heteroatoms. The molecule has 2 spiro atoms. The number of nitrogens with zero attached hydrogens (tertiary/aromatic N) is 2. The highest BCUT2D eigenvalue weighted by atomic mass is 32.2. The van der Waals surface area contributed by atoms with E-state index in [1.807, 2.05) is 50.2 Å². The lowest BCUT2D eigenvalue weighted by Gasteiger charge is -2.71. The van der Waals surface area contributed by atoms with Crippen molar-refractivity contribution >= 4 is 17.5 Å². The minimum absolute atomic E-state index is 0.0526. The normalized spacial score (nSPS) is 40.7. The molecule has 8 rings (SSSR count). The highest BCUT2D eigenvalue weighted by Gasteiger charge is 2.74. The summed E-state index contributed by atoms with van der Waals surface area (Å²) in [6, 6.07) is 13.9. The number of carbonyl (C=O) groups excluding carboxylic acids is 1.